The van der Waals surface area contributed by atoms with Gasteiger partial charge in [-0.3, -0.25) is 4.79 Å². The highest BCUT2D eigenvalue weighted by atomic mass is 16.5. The molecule has 2 rings (SSSR count). The molecule has 1 heterocycles. The van der Waals surface area contributed by atoms with Gasteiger partial charge in [-0.1, -0.05) is 0 Å². The molecule has 0 atom stereocenters. The van der Waals surface area contributed by atoms with Crippen LogP contribution in [0, 0.1) is 0 Å². The maximum atomic E-state index is 11.1. The van der Waals surface area contributed by atoms with Crippen LogP contribution >= 0.6 is 0 Å². The molecule has 1 saturated heterocycles. The highest BCUT2D eigenvalue weighted by Crippen LogP contribution is 2.18. The lowest BCUT2D eigenvalue weighted by atomic mass is 9.96. The Bertz CT molecular complexity index is 214. The Hall–Kier alpha value is -0.410. The van der Waals surface area contributed by atoms with E-state index in [9.17, 15) is 4.79 Å². The maximum absolute atomic E-state index is 11.1. The molecule has 3 heteroatoms. The van der Waals surface area contributed by atoms with Crippen molar-refractivity contribution in [2.75, 3.05) is 26.2 Å². The first-order chi connectivity index (χ1) is 7.84. The Labute approximate surface area is 98.1 Å². The van der Waals surface area contributed by atoms with Crippen molar-refractivity contribution in [1.82, 2.24) is 4.90 Å². The third-order valence-corrected chi connectivity index (χ3v) is 3.66. The molecule has 1 aliphatic heterocycles. The molecule has 0 amide bonds. The van der Waals surface area contributed by atoms with Gasteiger partial charge in [-0.05, 0) is 45.2 Å². The number of Topliss-reactive ketones (excluding diaryl/α,β-unsaturated/α-hetero) is 1. The molecule has 92 valence electrons. The molecular formula is C13H23NO2. The minimum atomic E-state index is 0.358. The number of carbonyl (C=O) groups excluding carboxylic acids is 1. The van der Waals surface area contributed by atoms with Crippen LogP contribution in [0.5, 0.6) is 0 Å². The zero-order chi connectivity index (χ0) is 11.2. The predicted octanol–water partition coefficient (Wildman–Crippen LogP) is 2.00. The minimum Gasteiger partial charge on any atom is -0.378 e. The average Bonchev–Trinajstić information content (AvgIpc) is 2.80. The van der Waals surface area contributed by atoms with Crippen LogP contribution in [0.3, 0.4) is 0 Å². The molecule has 0 aromatic rings. The Morgan fingerprint density at radius 2 is 1.88 bits per heavy atom. The summed E-state index contributed by atoms with van der Waals surface area (Å²) < 4.78 is 5.81. The molecule has 0 bridgehead atoms. The van der Waals surface area contributed by atoms with E-state index in [1.807, 2.05) is 0 Å². The summed E-state index contributed by atoms with van der Waals surface area (Å²) in [5.74, 6) is 0.414. The lowest BCUT2D eigenvalue weighted by molar-refractivity contribution is -0.123. The molecule has 0 spiro atoms. The fourth-order valence-electron chi connectivity index (χ4n) is 2.62. The van der Waals surface area contributed by atoms with E-state index in [1.54, 1.807) is 0 Å². The van der Waals surface area contributed by atoms with Crippen LogP contribution in [0.4, 0.5) is 0 Å². The van der Waals surface area contributed by atoms with Crippen LogP contribution in [0.2, 0.25) is 0 Å². The fraction of sp³-hybridized carbons (Fsp3) is 0.923. The topological polar surface area (TPSA) is 29.5 Å². The lowest BCUT2D eigenvalue weighted by Crippen LogP contribution is -2.25. The SMILES string of the molecule is O=C1CCC(OCCCN2CCCC2)CC1. The van der Waals surface area contributed by atoms with Gasteiger partial charge >= 0.3 is 0 Å². The molecule has 3 nitrogen and oxygen atoms in total. The summed E-state index contributed by atoms with van der Waals surface area (Å²) in [4.78, 5) is 13.6. The van der Waals surface area contributed by atoms with Crippen molar-refractivity contribution >= 4 is 5.78 Å². The summed E-state index contributed by atoms with van der Waals surface area (Å²) in [5.41, 5.74) is 0. The molecule has 0 radical (unpaired) electrons. The maximum Gasteiger partial charge on any atom is 0.133 e. The molecule has 2 aliphatic rings. The molecule has 16 heavy (non-hydrogen) atoms. The molecule has 0 aromatic heterocycles. The molecular weight excluding hydrogens is 202 g/mol. The first-order valence-electron chi connectivity index (χ1n) is 6.70. The number of hydrogen-bond acceptors (Lipinski definition) is 3. The van der Waals surface area contributed by atoms with Gasteiger partial charge in [-0.25, -0.2) is 0 Å². The van der Waals surface area contributed by atoms with Crippen molar-refractivity contribution in [1.29, 1.82) is 0 Å². The van der Waals surface area contributed by atoms with Crippen LogP contribution in [0.1, 0.15) is 44.9 Å². The first kappa shape index (κ1) is 12.1. The summed E-state index contributed by atoms with van der Waals surface area (Å²) in [6.45, 7) is 4.61. The van der Waals surface area contributed by atoms with E-state index < -0.39 is 0 Å². The predicted molar refractivity (Wildman–Crippen MR) is 63.5 cm³/mol. The van der Waals surface area contributed by atoms with Gasteiger partial charge in [0.25, 0.3) is 0 Å². The Balaban J connectivity index is 1.49. The number of nitrogens with zero attached hydrogens (tertiary/aromatic N) is 1. The number of rotatable bonds is 5. The van der Waals surface area contributed by atoms with E-state index in [1.165, 1.54) is 32.5 Å². The fourth-order valence-corrected chi connectivity index (χ4v) is 2.62. The van der Waals surface area contributed by atoms with Gasteiger partial charge < -0.3 is 9.64 Å². The molecule has 0 aromatic carbocycles. The van der Waals surface area contributed by atoms with Gasteiger partial charge in [0.2, 0.25) is 0 Å². The monoisotopic (exact) mass is 225 g/mol. The summed E-state index contributed by atoms with van der Waals surface area (Å²) >= 11 is 0. The van der Waals surface area contributed by atoms with E-state index in [-0.39, 0.29) is 0 Å². The van der Waals surface area contributed by atoms with E-state index in [0.717, 1.165) is 38.7 Å². The smallest absolute Gasteiger partial charge is 0.133 e. The minimum absolute atomic E-state index is 0.358. The van der Waals surface area contributed by atoms with Crippen molar-refractivity contribution in [3.05, 3.63) is 0 Å². The number of ketones is 1. The van der Waals surface area contributed by atoms with Crippen LogP contribution in [-0.4, -0.2) is 43.0 Å². The quantitative estimate of drug-likeness (QED) is 0.670. The van der Waals surface area contributed by atoms with E-state index in [0.29, 0.717) is 11.9 Å². The van der Waals surface area contributed by atoms with Crippen molar-refractivity contribution in [2.45, 2.75) is 51.0 Å². The zero-order valence-corrected chi connectivity index (χ0v) is 10.1. The van der Waals surface area contributed by atoms with Crippen LogP contribution in [-0.2, 0) is 9.53 Å². The van der Waals surface area contributed by atoms with Gasteiger partial charge in [0.15, 0.2) is 0 Å². The summed E-state index contributed by atoms with van der Waals surface area (Å²) in [6, 6.07) is 0. The lowest BCUT2D eigenvalue weighted by Gasteiger charge is -2.22. The second-order valence-electron chi connectivity index (χ2n) is 5.01. The summed E-state index contributed by atoms with van der Waals surface area (Å²) in [5, 5.41) is 0. The van der Waals surface area contributed by atoms with Gasteiger partial charge in [-0.2, -0.15) is 0 Å². The van der Waals surface area contributed by atoms with Crippen molar-refractivity contribution in [3.8, 4) is 0 Å². The van der Waals surface area contributed by atoms with Crippen LogP contribution in [0.15, 0.2) is 0 Å². The summed E-state index contributed by atoms with van der Waals surface area (Å²) in [7, 11) is 0. The largest absolute Gasteiger partial charge is 0.378 e. The molecule has 0 unspecified atom stereocenters. The highest BCUT2D eigenvalue weighted by Gasteiger charge is 2.19. The van der Waals surface area contributed by atoms with Crippen molar-refractivity contribution < 1.29 is 9.53 Å². The second-order valence-corrected chi connectivity index (χ2v) is 5.01. The number of ether oxygens (including phenoxy) is 1. The Kier molecular flexibility index (Phi) is 4.79. The van der Waals surface area contributed by atoms with E-state index >= 15 is 0 Å². The second kappa shape index (κ2) is 6.36. The normalized spacial score (nSPS) is 24.1. The van der Waals surface area contributed by atoms with Gasteiger partial charge in [0.05, 0.1) is 6.10 Å². The van der Waals surface area contributed by atoms with Crippen LogP contribution in [0.25, 0.3) is 0 Å². The highest BCUT2D eigenvalue weighted by molar-refractivity contribution is 5.79. The first-order valence-corrected chi connectivity index (χ1v) is 6.70. The van der Waals surface area contributed by atoms with Gasteiger partial charge in [0, 0.05) is 26.0 Å². The van der Waals surface area contributed by atoms with Crippen molar-refractivity contribution in [3.63, 3.8) is 0 Å². The van der Waals surface area contributed by atoms with Crippen LogP contribution < -0.4 is 0 Å². The molecule has 0 N–H and O–H groups in total. The third-order valence-electron chi connectivity index (χ3n) is 3.66. The average molecular weight is 225 g/mol. The molecule has 1 aliphatic carbocycles. The number of carbonyl (C=O) groups is 1. The number of hydrogen-bond donors (Lipinski definition) is 0. The van der Waals surface area contributed by atoms with Gasteiger partial charge in [-0.15, -0.1) is 0 Å². The Morgan fingerprint density at radius 3 is 2.56 bits per heavy atom. The van der Waals surface area contributed by atoms with E-state index in [2.05, 4.69) is 4.90 Å². The standard InChI is InChI=1S/C13H23NO2/c15-12-4-6-13(7-5-12)16-11-3-10-14-8-1-2-9-14/h13H,1-11H2. The number of likely N-dealkylation sites (tertiary alicyclic amines) is 1. The Morgan fingerprint density at radius 1 is 1.19 bits per heavy atom. The van der Waals surface area contributed by atoms with Gasteiger partial charge in [0.1, 0.15) is 5.78 Å². The van der Waals surface area contributed by atoms with Crippen molar-refractivity contribution in [2.24, 2.45) is 0 Å². The van der Waals surface area contributed by atoms with E-state index in [4.69, 9.17) is 4.74 Å². The zero-order valence-electron chi connectivity index (χ0n) is 10.1. The molecule has 1 saturated carbocycles. The summed E-state index contributed by atoms with van der Waals surface area (Å²) in [6.07, 6.45) is 7.59. The molecule has 2 fully saturated rings. The third kappa shape index (κ3) is 3.87.